The van der Waals surface area contributed by atoms with Crippen LogP contribution in [0.5, 0.6) is 0 Å². The fraction of sp³-hybridized carbons (Fsp3) is 0.727. The number of rotatable bonds is 4. The lowest BCUT2D eigenvalue weighted by atomic mass is 10.1. The van der Waals surface area contributed by atoms with Crippen molar-refractivity contribution in [2.75, 3.05) is 6.54 Å². The minimum atomic E-state index is -0.303. The zero-order valence-electron chi connectivity index (χ0n) is 9.99. The monoisotopic (exact) mass is 211 g/mol. The van der Waals surface area contributed by atoms with Gasteiger partial charge in [0, 0.05) is 24.8 Å². The second kappa shape index (κ2) is 4.77. The maximum Gasteiger partial charge on any atom is 0.0636 e. The third-order valence-electron chi connectivity index (χ3n) is 2.09. The van der Waals surface area contributed by atoms with Gasteiger partial charge in [-0.25, -0.2) is 0 Å². The molecule has 0 bridgehead atoms. The molecule has 1 aromatic heterocycles. The van der Waals surface area contributed by atoms with Gasteiger partial charge in [-0.1, -0.05) is 0 Å². The lowest BCUT2D eigenvalue weighted by Crippen LogP contribution is -2.24. The summed E-state index contributed by atoms with van der Waals surface area (Å²) >= 11 is 0. The Labute approximate surface area is 91.3 Å². The smallest absolute Gasteiger partial charge is 0.0636 e. The lowest BCUT2D eigenvalue weighted by molar-refractivity contribution is 0.191. The fourth-order valence-electron chi connectivity index (χ4n) is 1.24. The second-order valence-electron chi connectivity index (χ2n) is 4.94. The summed E-state index contributed by atoms with van der Waals surface area (Å²) in [7, 11) is 0. The molecule has 0 aliphatic rings. The van der Waals surface area contributed by atoms with Crippen LogP contribution in [0.4, 0.5) is 0 Å². The van der Waals surface area contributed by atoms with Crippen LogP contribution in [0.3, 0.4) is 0 Å². The van der Waals surface area contributed by atoms with Crippen LogP contribution in [0.25, 0.3) is 0 Å². The predicted molar refractivity (Wildman–Crippen MR) is 60.6 cm³/mol. The van der Waals surface area contributed by atoms with E-state index >= 15 is 0 Å². The standard InChI is InChI=1S/C11H21N3O/c1-9(15)5-12-6-10-7-13-14(8-10)11(2,3)4/h7-9,12,15H,5-6H2,1-4H3. The Morgan fingerprint density at radius 3 is 2.67 bits per heavy atom. The van der Waals surface area contributed by atoms with Crippen LogP contribution < -0.4 is 5.32 Å². The Bertz CT molecular complexity index is 299. The van der Waals surface area contributed by atoms with E-state index in [1.807, 2.05) is 17.1 Å². The molecule has 0 saturated heterocycles. The number of aliphatic hydroxyl groups excluding tert-OH is 1. The van der Waals surface area contributed by atoms with Crippen molar-refractivity contribution in [3.05, 3.63) is 18.0 Å². The zero-order valence-corrected chi connectivity index (χ0v) is 9.99. The van der Waals surface area contributed by atoms with Crippen molar-refractivity contribution in [3.8, 4) is 0 Å². The van der Waals surface area contributed by atoms with Crippen molar-refractivity contribution in [2.45, 2.75) is 45.9 Å². The van der Waals surface area contributed by atoms with Gasteiger partial charge in [-0.2, -0.15) is 5.10 Å². The van der Waals surface area contributed by atoms with Crippen molar-refractivity contribution in [2.24, 2.45) is 0 Å². The fourth-order valence-corrected chi connectivity index (χ4v) is 1.24. The molecule has 1 aromatic rings. The number of aliphatic hydroxyl groups is 1. The van der Waals surface area contributed by atoms with Crippen LogP contribution in [0.2, 0.25) is 0 Å². The van der Waals surface area contributed by atoms with E-state index in [2.05, 4.69) is 31.2 Å². The highest BCUT2D eigenvalue weighted by Crippen LogP contribution is 2.12. The molecule has 1 heterocycles. The normalized spacial score (nSPS) is 14.2. The van der Waals surface area contributed by atoms with Gasteiger partial charge in [0.05, 0.1) is 17.8 Å². The first-order valence-electron chi connectivity index (χ1n) is 5.32. The van der Waals surface area contributed by atoms with E-state index in [9.17, 15) is 0 Å². The molecule has 0 amide bonds. The maximum atomic E-state index is 9.08. The average molecular weight is 211 g/mol. The van der Waals surface area contributed by atoms with Crippen LogP contribution in [-0.4, -0.2) is 27.5 Å². The SMILES string of the molecule is CC(O)CNCc1cnn(C(C)(C)C)c1. The molecular weight excluding hydrogens is 190 g/mol. The number of nitrogens with zero attached hydrogens (tertiary/aromatic N) is 2. The van der Waals surface area contributed by atoms with Crippen LogP contribution in [-0.2, 0) is 12.1 Å². The molecule has 0 saturated carbocycles. The van der Waals surface area contributed by atoms with Crippen molar-refractivity contribution < 1.29 is 5.11 Å². The highest BCUT2D eigenvalue weighted by Gasteiger charge is 2.13. The zero-order chi connectivity index (χ0) is 11.5. The number of hydrogen-bond acceptors (Lipinski definition) is 3. The molecule has 0 aromatic carbocycles. The Morgan fingerprint density at radius 2 is 2.20 bits per heavy atom. The van der Waals surface area contributed by atoms with Gasteiger partial charge in [0.2, 0.25) is 0 Å². The Balaban J connectivity index is 2.47. The van der Waals surface area contributed by atoms with E-state index in [-0.39, 0.29) is 11.6 Å². The highest BCUT2D eigenvalue weighted by molar-refractivity contribution is 5.04. The Kier molecular flexibility index (Phi) is 3.88. The largest absolute Gasteiger partial charge is 0.392 e. The number of aromatic nitrogens is 2. The molecular formula is C11H21N3O. The summed E-state index contributed by atoms with van der Waals surface area (Å²) in [5.74, 6) is 0. The van der Waals surface area contributed by atoms with Gasteiger partial charge in [0.25, 0.3) is 0 Å². The van der Waals surface area contributed by atoms with Gasteiger partial charge in [-0.15, -0.1) is 0 Å². The van der Waals surface area contributed by atoms with Crippen LogP contribution in [0, 0.1) is 0 Å². The summed E-state index contributed by atoms with van der Waals surface area (Å²) in [6, 6.07) is 0. The van der Waals surface area contributed by atoms with Crippen LogP contribution in [0.1, 0.15) is 33.3 Å². The summed E-state index contributed by atoms with van der Waals surface area (Å²) in [6.07, 6.45) is 3.60. The van der Waals surface area contributed by atoms with E-state index in [1.54, 1.807) is 6.92 Å². The first-order valence-corrected chi connectivity index (χ1v) is 5.32. The molecule has 0 fully saturated rings. The quantitative estimate of drug-likeness (QED) is 0.784. The van der Waals surface area contributed by atoms with Gasteiger partial charge in [0.15, 0.2) is 0 Å². The van der Waals surface area contributed by atoms with Gasteiger partial charge in [-0.05, 0) is 27.7 Å². The molecule has 15 heavy (non-hydrogen) atoms. The topological polar surface area (TPSA) is 50.1 Å². The first-order chi connectivity index (χ1) is 6.89. The molecule has 1 atom stereocenters. The summed E-state index contributed by atoms with van der Waals surface area (Å²) in [5.41, 5.74) is 1.17. The predicted octanol–water partition coefficient (Wildman–Crippen LogP) is 1.11. The third-order valence-corrected chi connectivity index (χ3v) is 2.09. The summed E-state index contributed by atoms with van der Waals surface area (Å²) in [5, 5.41) is 16.5. The van der Waals surface area contributed by atoms with Crippen molar-refractivity contribution >= 4 is 0 Å². The highest BCUT2D eigenvalue weighted by atomic mass is 16.3. The van der Waals surface area contributed by atoms with Crippen LogP contribution >= 0.6 is 0 Å². The second-order valence-corrected chi connectivity index (χ2v) is 4.94. The molecule has 0 aliphatic carbocycles. The van der Waals surface area contributed by atoms with Crippen molar-refractivity contribution in [1.29, 1.82) is 0 Å². The first kappa shape index (κ1) is 12.2. The van der Waals surface area contributed by atoms with E-state index in [4.69, 9.17) is 5.11 Å². The van der Waals surface area contributed by atoms with E-state index < -0.39 is 0 Å². The van der Waals surface area contributed by atoms with Gasteiger partial charge in [-0.3, -0.25) is 4.68 Å². The van der Waals surface area contributed by atoms with Gasteiger partial charge in [0.1, 0.15) is 0 Å². The molecule has 0 aliphatic heterocycles. The van der Waals surface area contributed by atoms with Gasteiger partial charge >= 0.3 is 0 Å². The Morgan fingerprint density at radius 1 is 1.53 bits per heavy atom. The molecule has 2 N–H and O–H groups in total. The Hall–Kier alpha value is -0.870. The minimum absolute atomic E-state index is 0.0303. The molecule has 0 radical (unpaired) electrons. The molecule has 4 heteroatoms. The minimum Gasteiger partial charge on any atom is -0.392 e. The van der Waals surface area contributed by atoms with Crippen molar-refractivity contribution in [1.82, 2.24) is 15.1 Å². The van der Waals surface area contributed by atoms with Crippen LogP contribution in [0.15, 0.2) is 12.4 Å². The summed E-state index contributed by atoms with van der Waals surface area (Å²) < 4.78 is 1.95. The molecule has 1 rings (SSSR count). The van der Waals surface area contributed by atoms with Crippen molar-refractivity contribution in [3.63, 3.8) is 0 Å². The number of nitrogens with one attached hydrogen (secondary N) is 1. The molecule has 86 valence electrons. The summed E-state index contributed by atoms with van der Waals surface area (Å²) in [6.45, 7) is 9.49. The molecule has 1 unspecified atom stereocenters. The maximum absolute atomic E-state index is 9.08. The summed E-state index contributed by atoms with van der Waals surface area (Å²) in [4.78, 5) is 0. The van der Waals surface area contributed by atoms with E-state index in [0.717, 1.165) is 12.1 Å². The molecule has 4 nitrogen and oxygen atoms in total. The average Bonchev–Trinajstić information content (AvgIpc) is 2.51. The lowest BCUT2D eigenvalue weighted by Gasteiger charge is -2.18. The third kappa shape index (κ3) is 4.01. The van der Waals surface area contributed by atoms with Gasteiger partial charge < -0.3 is 10.4 Å². The molecule has 0 spiro atoms. The van der Waals surface area contributed by atoms with E-state index in [1.165, 1.54) is 0 Å². The van der Waals surface area contributed by atoms with E-state index in [0.29, 0.717) is 6.54 Å². The number of hydrogen-bond donors (Lipinski definition) is 2.